The third-order valence-corrected chi connectivity index (χ3v) is 5.70. The van der Waals surface area contributed by atoms with E-state index in [1.54, 1.807) is 5.06 Å². The minimum absolute atomic E-state index is 0.131. The molecule has 2 aromatic rings. The number of imide groups is 1. The molecule has 2 heterocycles. The van der Waals surface area contributed by atoms with Gasteiger partial charge in [-0.1, -0.05) is 43.7 Å². The summed E-state index contributed by atoms with van der Waals surface area (Å²) in [5.74, 6) is -0.889. The summed E-state index contributed by atoms with van der Waals surface area (Å²) in [4.78, 5) is 35.7. The smallest absolute Gasteiger partial charge is 0.261 e. The Morgan fingerprint density at radius 2 is 1.66 bits per heavy atom. The van der Waals surface area contributed by atoms with Crippen molar-refractivity contribution in [3.05, 3.63) is 60.2 Å². The fraction of sp³-hybridized carbons (Fsp3) is 0.391. The zero-order valence-corrected chi connectivity index (χ0v) is 17.1. The van der Waals surface area contributed by atoms with Crippen molar-refractivity contribution in [2.45, 2.75) is 31.9 Å². The topological polar surface area (TPSA) is 53.1 Å². The van der Waals surface area contributed by atoms with Crippen LogP contribution in [0.3, 0.4) is 0 Å². The van der Waals surface area contributed by atoms with E-state index in [-0.39, 0.29) is 17.9 Å². The Hall–Kier alpha value is -2.86. The Morgan fingerprint density at radius 1 is 0.966 bits per heavy atom. The quantitative estimate of drug-likeness (QED) is 0.704. The first-order chi connectivity index (χ1) is 14.0. The van der Waals surface area contributed by atoms with Crippen molar-refractivity contribution in [2.24, 2.45) is 5.92 Å². The molecular formula is C23H27N3O3. The number of unbranched alkanes of at least 4 members (excludes halogenated alkanes) is 1. The highest BCUT2D eigenvalue weighted by atomic mass is 16.7. The van der Waals surface area contributed by atoms with E-state index in [4.69, 9.17) is 4.84 Å². The molecule has 29 heavy (non-hydrogen) atoms. The Bertz CT molecular complexity index is 882. The monoisotopic (exact) mass is 393 g/mol. The standard InChI is InChI=1S/C23H27N3O3/c1-4-5-15-25-22(27)19-20(16-11-13-17(14-12-16)24(2)3)26(29-21(19)23(25)28)18-9-7-6-8-10-18/h6-14,19-21H,4-5,15H2,1-3H3/t19-,20+,21-/m0/s1. The Morgan fingerprint density at radius 3 is 2.28 bits per heavy atom. The number of carbonyl (C=O) groups is 2. The minimum atomic E-state index is -0.766. The maximum atomic E-state index is 13.2. The Kier molecular flexibility index (Phi) is 5.28. The van der Waals surface area contributed by atoms with Crippen molar-refractivity contribution in [2.75, 3.05) is 30.6 Å². The van der Waals surface area contributed by atoms with Crippen molar-refractivity contribution in [1.29, 1.82) is 0 Å². The molecule has 2 aliphatic rings. The number of nitrogens with zero attached hydrogens (tertiary/aromatic N) is 3. The van der Waals surface area contributed by atoms with Gasteiger partial charge in [0.1, 0.15) is 5.92 Å². The molecule has 4 rings (SSSR count). The van der Waals surface area contributed by atoms with Gasteiger partial charge in [0, 0.05) is 26.3 Å². The second-order valence-electron chi connectivity index (χ2n) is 7.83. The van der Waals surface area contributed by atoms with Crippen molar-refractivity contribution in [3.8, 4) is 0 Å². The van der Waals surface area contributed by atoms with Crippen LogP contribution in [0.5, 0.6) is 0 Å². The molecule has 6 heteroatoms. The van der Waals surface area contributed by atoms with Crippen LogP contribution in [0, 0.1) is 5.92 Å². The normalized spacial score (nSPS) is 23.6. The highest BCUT2D eigenvalue weighted by Crippen LogP contribution is 2.46. The summed E-state index contributed by atoms with van der Waals surface area (Å²) in [7, 11) is 3.98. The molecule has 2 amide bonds. The van der Waals surface area contributed by atoms with E-state index in [9.17, 15) is 9.59 Å². The van der Waals surface area contributed by atoms with Gasteiger partial charge in [0.25, 0.3) is 5.91 Å². The van der Waals surface area contributed by atoms with Crippen molar-refractivity contribution in [3.63, 3.8) is 0 Å². The number of likely N-dealkylation sites (tertiary alicyclic amines) is 1. The first-order valence-corrected chi connectivity index (χ1v) is 10.2. The highest BCUT2D eigenvalue weighted by molar-refractivity contribution is 6.07. The van der Waals surface area contributed by atoms with E-state index in [2.05, 4.69) is 6.92 Å². The number of carbonyl (C=O) groups excluding carboxylic acids is 2. The summed E-state index contributed by atoms with van der Waals surface area (Å²) in [6.07, 6.45) is 0.971. The highest BCUT2D eigenvalue weighted by Gasteiger charge is 2.59. The SMILES string of the molecule is CCCCN1C(=O)[C@@H]2[C@H](ON(c3ccccc3)[C@@H]2c2ccc(N(C)C)cc2)C1=O. The summed E-state index contributed by atoms with van der Waals surface area (Å²) >= 11 is 0. The molecule has 152 valence electrons. The van der Waals surface area contributed by atoms with Crippen LogP contribution in [-0.2, 0) is 14.4 Å². The maximum absolute atomic E-state index is 13.2. The van der Waals surface area contributed by atoms with Gasteiger partial charge < -0.3 is 4.90 Å². The minimum Gasteiger partial charge on any atom is -0.378 e. The molecule has 6 nitrogen and oxygen atoms in total. The van der Waals surface area contributed by atoms with Gasteiger partial charge in [-0.05, 0) is 36.2 Å². The third-order valence-electron chi connectivity index (χ3n) is 5.70. The van der Waals surface area contributed by atoms with E-state index in [1.165, 1.54) is 4.90 Å². The second kappa shape index (κ2) is 7.87. The van der Waals surface area contributed by atoms with E-state index in [0.29, 0.717) is 6.54 Å². The lowest BCUT2D eigenvalue weighted by atomic mass is 9.90. The average Bonchev–Trinajstić information content (AvgIpc) is 3.24. The van der Waals surface area contributed by atoms with Gasteiger partial charge in [0.2, 0.25) is 5.91 Å². The molecule has 0 radical (unpaired) electrons. The molecule has 0 spiro atoms. The second-order valence-corrected chi connectivity index (χ2v) is 7.83. The predicted molar refractivity (Wildman–Crippen MR) is 112 cm³/mol. The zero-order valence-electron chi connectivity index (χ0n) is 17.1. The number of amides is 2. The molecule has 0 bridgehead atoms. The van der Waals surface area contributed by atoms with Gasteiger partial charge in [-0.2, -0.15) is 0 Å². The van der Waals surface area contributed by atoms with Gasteiger partial charge in [-0.3, -0.25) is 19.3 Å². The predicted octanol–water partition coefficient (Wildman–Crippen LogP) is 3.40. The van der Waals surface area contributed by atoms with Crippen molar-refractivity contribution >= 4 is 23.2 Å². The number of para-hydroxylation sites is 1. The molecule has 2 aromatic carbocycles. The molecular weight excluding hydrogens is 366 g/mol. The number of hydrogen-bond acceptors (Lipinski definition) is 5. The lowest BCUT2D eigenvalue weighted by Gasteiger charge is -2.29. The van der Waals surface area contributed by atoms with Crippen molar-refractivity contribution in [1.82, 2.24) is 4.90 Å². The van der Waals surface area contributed by atoms with Crippen LogP contribution in [0.1, 0.15) is 31.4 Å². The van der Waals surface area contributed by atoms with Crippen LogP contribution in [0.4, 0.5) is 11.4 Å². The molecule has 2 aliphatic heterocycles. The lowest BCUT2D eigenvalue weighted by Crippen LogP contribution is -2.37. The Balaban J connectivity index is 1.72. The molecule has 0 aromatic heterocycles. The average molecular weight is 393 g/mol. The largest absolute Gasteiger partial charge is 0.378 e. The zero-order chi connectivity index (χ0) is 20.5. The summed E-state index contributed by atoms with van der Waals surface area (Å²) < 4.78 is 0. The van der Waals surface area contributed by atoms with Crippen LogP contribution >= 0.6 is 0 Å². The molecule has 2 fully saturated rings. The van der Waals surface area contributed by atoms with Crippen molar-refractivity contribution < 1.29 is 14.4 Å². The number of hydrogen-bond donors (Lipinski definition) is 0. The van der Waals surface area contributed by atoms with Crippen LogP contribution < -0.4 is 9.96 Å². The number of benzene rings is 2. The molecule has 3 atom stereocenters. The molecule has 0 saturated carbocycles. The van der Waals surface area contributed by atoms with Crippen LogP contribution in [-0.4, -0.2) is 43.5 Å². The van der Waals surface area contributed by atoms with E-state index in [0.717, 1.165) is 29.8 Å². The lowest BCUT2D eigenvalue weighted by molar-refractivity contribution is -0.143. The first kappa shape index (κ1) is 19.5. The van der Waals surface area contributed by atoms with Crippen LogP contribution in [0.2, 0.25) is 0 Å². The molecule has 0 unspecified atom stereocenters. The molecule has 2 saturated heterocycles. The van der Waals surface area contributed by atoms with E-state index in [1.807, 2.05) is 73.6 Å². The molecule has 0 aliphatic carbocycles. The number of fused-ring (bicyclic) bond motifs is 1. The number of hydroxylamine groups is 1. The van der Waals surface area contributed by atoms with Gasteiger partial charge in [0.05, 0.1) is 11.7 Å². The third kappa shape index (κ3) is 3.38. The van der Waals surface area contributed by atoms with Crippen LogP contribution in [0.15, 0.2) is 54.6 Å². The maximum Gasteiger partial charge on any atom is 0.261 e. The fourth-order valence-electron chi connectivity index (χ4n) is 4.12. The summed E-state index contributed by atoms with van der Waals surface area (Å²) in [6.45, 7) is 2.51. The van der Waals surface area contributed by atoms with E-state index >= 15 is 0 Å². The van der Waals surface area contributed by atoms with E-state index < -0.39 is 12.0 Å². The number of anilines is 2. The van der Waals surface area contributed by atoms with Gasteiger partial charge in [0.15, 0.2) is 6.10 Å². The Labute approximate surface area is 171 Å². The van der Waals surface area contributed by atoms with Gasteiger partial charge in [-0.25, -0.2) is 5.06 Å². The van der Waals surface area contributed by atoms with Gasteiger partial charge in [-0.15, -0.1) is 0 Å². The number of rotatable bonds is 6. The fourth-order valence-corrected chi connectivity index (χ4v) is 4.12. The summed E-state index contributed by atoms with van der Waals surface area (Å²) in [5, 5.41) is 1.74. The van der Waals surface area contributed by atoms with Crippen LogP contribution in [0.25, 0.3) is 0 Å². The summed E-state index contributed by atoms with van der Waals surface area (Å²) in [6, 6.07) is 17.4. The molecule has 0 N–H and O–H groups in total. The van der Waals surface area contributed by atoms with Gasteiger partial charge >= 0.3 is 0 Å². The first-order valence-electron chi connectivity index (χ1n) is 10.2. The summed E-state index contributed by atoms with van der Waals surface area (Å²) in [5.41, 5.74) is 2.88.